The van der Waals surface area contributed by atoms with Gasteiger partial charge < -0.3 is 5.32 Å². The number of imide groups is 1. The van der Waals surface area contributed by atoms with Gasteiger partial charge in [-0.05, 0) is 54.4 Å². The summed E-state index contributed by atoms with van der Waals surface area (Å²) in [6.45, 7) is 2.00. The molecule has 2 heterocycles. The van der Waals surface area contributed by atoms with Crippen LogP contribution in [0.1, 0.15) is 16.8 Å². The first-order chi connectivity index (χ1) is 14.0. The number of anilines is 1. The highest BCUT2D eigenvalue weighted by molar-refractivity contribution is 6.36. The first-order valence-electron chi connectivity index (χ1n) is 9.13. The van der Waals surface area contributed by atoms with Crippen LogP contribution in [0.5, 0.6) is 0 Å². The second-order valence-corrected chi connectivity index (χ2v) is 6.77. The zero-order chi connectivity index (χ0) is 20.4. The first-order valence-corrected chi connectivity index (χ1v) is 9.13. The summed E-state index contributed by atoms with van der Waals surface area (Å²) < 4.78 is 13.4. The van der Waals surface area contributed by atoms with Crippen molar-refractivity contribution in [3.63, 3.8) is 0 Å². The molecule has 1 aromatic heterocycles. The smallest absolute Gasteiger partial charge is 0.278 e. The Morgan fingerprint density at radius 2 is 1.76 bits per heavy atom. The average Bonchev–Trinajstić information content (AvgIpc) is 2.94. The van der Waals surface area contributed by atoms with Crippen molar-refractivity contribution in [2.24, 2.45) is 0 Å². The molecule has 6 heteroatoms. The Kier molecular flexibility index (Phi) is 4.91. The van der Waals surface area contributed by atoms with Crippen molar-refractivity contribution >= 4 is 23.1 Å². The van der Waals surface area contributed by atoms with Crippen LogP contribution in [0, 0.1) is 12.7 Å². The molecule has 0 saturated heterocycles. The van der Waals surface area contributed by atoms with Crippen LogP contribution in [0.3, 0.4) is 0 Å². The number of aromatic nitrogens is 1. The van der Waals surface area contributed by atoms with Gasteiger partial charge >= 0.3 is 0 Å². The van der Waals surface area contributed by atoms with E-state index in [0.29, 0.717) is 16.9 Å². The number of halogens is 1. The Hall–Kier alpha value is -3.80. The molecule has 1 N–H and O–H groups in total. The van der Waals surface area contributed by atoms with Crippen LogP contribution >= 0.6 is 0 Å². The second-order valence-electron chi connectivity index (χ2n) is 6.77. The van der Waals surface area contributed by atoms with E-state index in [0.717, 1.165) is 10.5 Å². The Morgan fingerprint density at radius 3 is 2.45 bits per heavy atom. The van der Waals surface area contributed by atoms with Crippen LogP contribution in [-0.4, -0.2) is 21.7 Å². The Labute approximate surface area is 167 Å². The summed E-state index contributed by atoms with van der Waals surface area (Å²) in [4.78, 5) is 31.7. The lowest BCUT2D eigenvalue weighted by Crippen LogP contribution is -2.32. The van der Waals surface area contributed by atoms with Crippen molar-refractivity contribution < 1.29 is 14.0 Å². The quantitative estimate of drug-likeness (QED) is 0.674. The molecule has 5 nitrogen and oxygen atoms in total. The maximum Gasteiger partial charge on any atom is 0.278 e. The molecule has 0 unspecified atom stereocenters. The zero-order valence-corrected chi connectivity index (χ0v) is 15.7. The van der Waals surface area contributed by atoms with Gasteiger partial charge in [0.15, 0.2) is 0 Å². The fourth-order valence-corrected chi connectivity index (χ4v) is 3.24. The van der Waals surface area contributed by atoms with Gasteiger partial charge in [-0.2, -0.15) is 0 Å². The van der Waals surface area contributed by atoms with Gasteiger partial charge in [0.05, 0.1) is 17.8 Å². The van der Waals surface area contributed by atoms with Gasteiger partial charge in [0.2, 0.25) is 0 Å². The van der Waals surface area contributed by atoms with E-state index in [1.807, 2.05) is 31.2 Å². The third kappa shape index (κ3) is 3.78. The first kappa shape index (κ1) is 18.6. The highest BCUT2D eigenvalue weighted by Gasteiger charge is 2.39. The third-order valence-electron chi connectivity index (χ3n) is 4.63. The van der Waals surface area contributed by atoms with Gasteiger partial charge in [0, 0.05) is 11.9 Å². The predicted molar refractivity (Wildman–Crippen MR) is 108 cm³/mol. The molecule has 2 amide bonds. The highest BCUT2D eigenvalue weighted by atomic mass is 19.1. The summed E-state index contributed by atoms with van der Waals surface area (Å²) in [5, 5.41) is 3.09. The number of hydrogen-bond donors (Lipinski definition) is 1. The minimum Gasteiger partial charge on any atom is -0.350 e. The predicted octanol–water partition coefficient (Wildman–Crippen LogP) is 3.92. The van der Waals surface area contributed by atoms with Crippen molar-refractivity contribution in [3.8, 4) is 0 Å². The van der Waals surface area contributed by atoms with Crippen LogP contribution in [0.4, 0.5) is 10.1 Å². The lowest BCUT2D eigenvalue weighted by Gasteiger charge is -2.14. The number of carbonyl (C=O) groups is 2. The SMILES string of the molecule is Cc1cccc(NC2=C(c3ccc(F)cc3)C(=O)N(Cc3ccccn3)C2=O)c1. The Balaban J connectivity index is 1.75. The van der Waals surface area contributed by atoms with E-state index in [1.54, 1.807) is 24.4 Å². The van der Waals surface area contributed by atoms with Crippen LogP contribution in [0.15, 0.2) is 78.6 Å². The Morgan fingerprint density at radius 1 is 0.966 bits per heavy atom. The van der Waals surface area contributed by atoms with Gasteiger partial charge in [-0.1, -0.05) is 30.3 Å². The van der Waals surface area contributed by atoms with E-state index in [1.165, 1.54) is 24.3 Å². The molecule has 29 heavy (non-hydrogen) atoms. The molecule has 2 aromatic carbocycles. The Bertz CT molecular complexity index is 1110. The van der Waals surface area contributed by atoms with Gasteiger partial charge in [0.25, 0.3) is 11.8 Å². The molecule has 3 aromatic rings. The number of carbonyl (C=O) groups excluding carboxylic acids is 2. The molecular formula is C23H18FN3O2. The number of hydrogen-bond acceptors (Lipinski definition) is 4. The van der Waals surface area contributed by atoms with E-state index in [2.05, 4.69) is 10.3 Å². The summed E-state index contributed by atoms with van der Waals surface area (Å²) in [6.07, 6.45) is 1.61. The molecule has 0 spiro atoms. The molecule has 0 fully saturated rings. The highest BCUT2D eigenvalue weighted by Crippen LogP contribution is 2.31. The van der Waals surface area contributed by atoms with E-state index in [-0.39, 0.29) is 17.8 Å². The van der Waals surface area contributed by atoms with Crippen molar-refractivity contribution in [2.75, 3.05) is 5.32 Å². The summed E-state index contributed by atoms with van der Waals surface area (Å²) in [5.41, 5.74) is 3.17. The normalized spacial score (nSPS) is 13.9. The van der Waals surface area contributed by atoms with E-state index in [4.69, 9.17) is 0 Å². The molecule has 1 aliphatic heterocycles. The maximum absolute atomic E-state index is 13.4. The fraction of sp³-hybridized carbons (Fsp3) is 0.0870. The minimum absolute atomic E-state index is 0.0577. The summed E-state index contributed by atoms with van der Waals surface area (Å²) >= 11 is 0. The lowest BCUT2D eigenvalue weighted by molar-refractivity contribution is -0.137. The molecule has 1 aliphatic rings. The molecule has 0 aliphatic carbocycles. The van der Waals surface area contributed by atoms with Gasteiger partial charge in [0.1, 0.15) is 11.5 Å². The average molecular weight is 387 g/mol. The van der Waals surface area contributed by atoms with Gasteiger partial charge in [-0.3, -0.25) is 19.5 Å². The lowest BCUT2D eigenvalue weighted by atomic mass is 10.0. The zero-order valence-electron chi connectivity index (χ0n) is 15.7. The summed E-state index contributed by atoms with van der Waals surface area (Å²) in [6, 6.07) is 18.4. The number of pyridine rings is 1. The van der Waals surface area contributed by atoms with E-state index < -0.39 is 17.6 Å². The van der Waals surface area contributed by atoms with Crippen molar-refractivity contribution in [1.82, 2.24) is 9.88 Å². The number of rotatable bonds is 5. The van der Waals surface area contributed by atoms with Crippen molar-refractivity contribution in [2.45, 2.75) is 13.5 Å². The van der Waals surface area contributed by atoms with Crippen LogP contribution < -0.4 is 5.32 Å². The fourth-order valence-electron chi connectivity index (χ4n) is 3.24. The van der Waals surface area contributed by atoms with Crippen molar-refractivity contribution in [3.05, 3.63) is 101 Å². The molecule has 4 rings (SSSR count). The second kappa shape index (κ2) is 7.67. The van der Waals surface area contributed by atoms with E-state index >= 15 is 0 Å². The molecule has 0 bridgehead atoms. The summed E-state index contributed by atoms with van der Waals surface area (Å²) in [7, 11) is 0. The monoisotopic (exact) mass is 387 g/mol. The van der Waals surface area contributed by atoms with Gasteiger partial charge in [-0.15, -0.1) is 0 Å². The molecule has 0 radical (unpaired) electrons. The summed E-state index contributed by atoms with van der Waals surface area (Å²) in [5.74, 6) is -1.30. The van der Waals surface area contributed by atoms with Crippen molar-refractivity contribution in [1.29, 1.82) is 0 Å². The standard InChI is InChI=1S/C23H18FN3O2/c1-15-5-4-7-18(13-15)26-21-20(16-8-10-17(24)11-9-16)22(28)27(23(21)29)14-19-6-2-3-12-25-19/h2-13,26H,14H2,1H3. The van der Waals surface area contributed by atoms with Gasteiger partial charge in [-0.25, -0.2) is 4.39 Å². The van der Waals surface area contributed by atoms with Crippen LogP contribution in [-0.2, 0) is 16.1 Å². The molecule has 0 saturated carbocycles. The topological polar surface area (TPSA) is 62.3 Å². The van der Waals surface area contributed by atoms with Crippen LogP contribution in [0.2, 0.25) is 0 Å². The largest absolute Gasteiger partial charge is 0.350 e. The number of nitrogens with zero attached hydrogens (tertiary/aromatic N) is 2. The molecule has 144 valence electrons. The number of amides is 2. The van der Waals surface area contributed by atoms with Crippen LogP contribution in [0.25, 0.3) is 5.57 Å². The minimum atomic E-state index is -0.443. The number of benzene rings is 2. The third-order valence-corrected chi connectivity index (χ3v) is 4.63. The molecular weight excluding hydrogens is 369 g/mol. The number of nitrogens with one attached hydrogen (secondary N) is 1. The molecule has 0 atom stereocenters. The number of aryl methyl sites for hydroxylation is 1. The van der Waals surface area contributed by atoms with E-state index in [9.17, 15) is 14.0 Å². The maximum atomic E-state index is 13.4.